The second kappa shape index (κ2) is 10.8. The van der Waals surface area contributed by atoms with Crippen molar-refractivity contribution < 1.29 is 9.90 Å². The minimum atomic E-state index is -0.623. The molecule has 2 aromatic carbocycles. The number of para-hydroxylation sites is 1. The van der Waals surface area contributed by atoms with Gasteiger partial charge in [-0.05, 0) is 42.8 Å². The van der Waals surface area contributed by atoms with Crippen LogP contribution in [0.3, 0.4) is 0 Å². The number of carbonyl (C=O) groups excluding carboxylic acids is 1. The van der Waals surface area contributed by atoms with Crippen LogP contribution >= 0.6 is 11.6 Å². The maximum atomic E-state index is 11.9. The van der Waals surface area contributed by atoms with E-state index >= 15 is 0 Å². The zero-order valence-corrected chi connectivity index (χ0v) is 15.7. The Morgan fingerprint density at radius 2 is 1.85 bits per heavy atom. The number of aliphatic hydroxyl groups is 1. The predicted molar refractivity (Wildman–Crippen MR) is 107 cm³/mol. The molecule has 2 rings (SSSR count). The number of rotatable bonds is 9. The summed E-state index contributed by atoms with van der Waals surface area (Å²) in [6, 6.07) is 16.7. The summed E-state index contributed by atoms with van der Waals surface area (Å²) in [5.74, 6) is 0. The Balaban J connectivity index is 1.69. The maximum absolute atomic E-state index is 11.9. The number of likely N-dealkylation sites (N-methyl/N-ethyl adjacent to an activating group) is 1. The molecule has 0 fully saturated rings. The lowest BCUT2D eigenvalue weighted by Gasteiger charge is -2.24. The molecular weight excluding hydrogens is 350 g/mol. The van der Waals surface area contributed by atoms with E-state index in [1.165, 1.54) is 5.56 Å². The van der Waals surface area contributed by atoms with Gasteiger partial charge in [-0.2, -0.15) is 0 Å². The van der Waals surface area contributed by atoms with Gasteiger partial charge in [-0.1, -0.05) is 48.9 Å². The molecule has 0 aromatic heterocycles. The molecule has 0 saturated heterocycles. The molecule has 3 N–H and O–H groups in total. The van der Waals surface area contributed by atoms with Gasteiger partial charge in [0.15, 0.2) is 0 Å². The highest BCUT2D eigenvalue weighted by molar-refractivity contribution is 6.30. The Labute approximate surface area is 160 Å². The van der Waals surface area contributed by atoms with Crippen LogP contribution in [0.15, 0.2) is 54.6 Å². The lowest BCUT2D eigenvalue weighted by molar-refractivity contribution is 0.116. The summed E-state index contributed by atoms with van der Waals surface area (Å²) in [6.07, 6.45) is 0.265. The quantitative estimate of drug-likeness (QED) is 0.629. The molecule has 2 amide bonds. The Bertz CT molecular complexity index is 665. The second-order valence-corrected chi connectivity index (χ2v) is 6.56. The zero-order valence-electron chi connectivity index (χ0n) is 15.0. The smallest absolute Gasteiger partial charge is 0.319 e. The molecule has 0 aliphatic rings. The first-order chi connectivity index (χ1) is 12.6. The van der Waals surface area contributed by atoms with Crippen molar-refractivity contribution in [1.82, 2.24) is 10.2 Å². The topological polar surface area (TPSA) is 64.6 Å². The van der Waals surface area contributed by atoms with Crippen LogP contribution in [-0.4, -0.2) is 48.3 Å². The number of aliphatic hydroxyl groups excluding tert-OH is 1. The van der Waals surface area contributed by atoms with Crippen molar-refractivity contribution in [3.8, 4) is 0 Å². The molecule has 0 heterocycles. The summed E-state index contributed by atoms with van der Waals surface area (Å²) in [7, 11) is 0. The van der Waals surface area contributed by atoms with E-state index in [2.05, 4.69) is 22.5 Å². The summed E-state index contributed by atoms with van der Waals surface area (Å²) >= 11 is 5.90. The number of hydrogen-bond acceptors (Lipinski definition) is 3. The summed E-state index contributed by atoms with van der Waals surface area (Å²) in [6.45, 7) is 4.45. The van der Waals surface area contributed by atoms with Crippen molar-refractivity contribution >= 4 is 23.3 Å². The standard InChI is InChI=1S/C20H26ClN3O2/c1-2-24(13-12-16-8-10-17(21)11-9-16)15-19(25)14-22-20(26)23-18-6-4-3-5-7-18/h3-11,19,25H,2,12-15H2,1H3,(H2,22,23,26). The molecule has 26 heavy (non-hydrogen) atoms. The van der Waals surface area contributed by atoms with Crippen molar-refractivity contribution in [1.29, 1.82) is 0 Å². The largest absolute Gasteiger partial charge is 0.390 e. The van der Waals surface area contributed by atoms with E-state index in [0.717, 1.165) is 30.2 Å². The number of urea groups is 1. The van der Waals surface area contributed by atoms with Crippen LogP contribution < -0.4 is 10.6 Å². The highest BCUT2D eigenvalue weighted by Gasteiger charge is 2.12. The van der Waals surface area contributed by atoms with Crippen molar-refractivity contribution in [2.24, 2.45) is 0 Å². The van der Waals surface area contributed by atoms with Crippen molar-refractivity contribution in [3.63, 3.8) is 0 Å². The number of nitrogens with zero attached hydrogens (tertiary/aromatic N) is 1. The van der Waals surface area contributed by atoms with Gasteiger partial charge in [0.2, 0.25) is 0 Å². The van der Waals surface area contributed by atoms with Crippen molar-refractivity contribution in [2.45, 2.75) is 19.4 Å². The number of hydrogen-bond donors (Lipinski definition) is 3. The third-order valence-electron chi connectivity index (χ3n) is 4.08. The fourth-order valence-corrected chi connectivity index (χ4v) is 2.71. The molecule has 0 aliphatic heterocycles. The van der Waals surface area contributed by atoms with E-state index in [0.29, 0.717) is 6.54 Å². The molecule has 0 bridgehead atoms. The van der Waals surface area contributed by atoms with E-state index < -0.39 is 6.10 Å². The average molecular weight is 376 g/mol. The van der Waals surface area contributed by atoms with Gasteiger partial charge >= 0.3 is 6.03 Å². The number of halogens is 1. The minimum absolute atomic E-state index is 0.204. The van der Waals surface area contributed by atoms with Crippen LogP contribution in [0.5, 0.6) is 0 Å². The molecule has 0 saturated carbocycles. The molecule has 0 radical (unpaired) electrons. The molecule has 0 spiro atoms. The van der Waals surface area contributed by atoms with Gasteiger partial charge in [-0.3, -0.25) is 0 Å². The second-order valence-electron chi connectivity index (χ2n) is 6.12. The highest BCUT2D eigenvalue weighted by Crippen LogP contribution is 2.10. The molecule has 0 aliphatic carbocycles. The molecule has 2 aromatic rings. The van der Waals surface area contributed by atoms with Gasteiger partial charge in [0.1, 0.15) is 0 Å². The number of anilines is 1. The lowest BCUT2D eigenvalue weighted by atomic mass is 10.1. The van der Waals surface area contributed by atoms with Crippen LogP contribution in [0.25, 0.3) is 0 Å². The van der Waals surface area contributed by atoms with Crippen LogP contribution in [0.1, 0.15) is 12.5 Å². The van der Waals surface area contributed by atoms with E-state index in [9.17, 15) is 9.90 Å². The molecule has 140 valence electrons. The van der Waals surface area contributed by atoms with E-state index in [-0.39, 0.29) is 12.6 Å². The number of benzene rings is 2. The van der Waals surface area contributed by atoms with E-state index in [1.54, 1.807) is 0 Å². The monoisotopic (exact) mass is 375 g/mol. The van der Waals surface area contributed by atoms with Gasteiger partial charge in [0, 0.05) is 30.3 Å². The first kappa shape index (κ1) is 20.2. The molecule has 1 atom stereocenters. The summed E-state index contributed by atoms with van der Waals surface area (Å²) in [4.78, 5) is 14.0. The Morgan fingerprint density at radius 1 is 1.15 bits per heavy atom. The van der Waals surface area contributed by atoms with Gasteiger partial charge in [0.25, 0.3) is 0 Å². The van der Waals surface area contributed by atoms with Crippen LogP contribution in [0.2, 0.25) is 5.02 Å². The first-order valence-corrected chi connectivity index (χ1v) is 9.19. The number of carbonyl (C=O) groups is 1. The van der Waals surface area contributed by atoms with E-state index in [4.69, 9.17) is 11.6 Å². The third-order valence-corrected chi connectivity index (χ3v) is 4.33. The summed E-state index contributed by atoms with van der Waals surface area (Å²) in [5, 5.41) is 16.4. The normalized spacial score (nSPS) is 12.0. The minimum Gasteiger partial charge on any atom is -0.390 e. The molecular formula is C20H26ClN3O2. The van der Waals surface area contributed by atoms with Crippen molar-refractivity contribution in [3.05, 3.63) is 65.2 Å². The summed E-state index contributed by atoms with van der Waals surface area (Å²) in [5.41, 5.74) is 1.93. The molecule has 6 heteroatoms. The molecule has 1 unspecified atom stereocenters. The van der Waals surface area contributed by atoms with Gasteiger partial charge in [-0.25, -0.2) is 4.79 Å². The van der Waals surface area contributed by atoms with E-state index in [1.807, 2.05) is 54.6 Å². The van der Waals surface area contributed by atoms with Crippen LogP contribution in [0, 0.1) is 0 Å². The lowest BCUT2D eigenvalue weighted by Crippen LogP contribution is -2.42. The van der Waals surface area contributed by atoms with Crippen LogP contribution in [0.4, 0.5) is 10.5 Å². The Kier molecular flexibility index (Phi) is 8.41. The fourth-order valence-electron chi connectivity index (χ4n) is 2.59. The number of nitrogens with one attached hydrogen (secondary N) is 2. The maximum Gasteiger partial charge on any atom is 0.319 e. The van der Waals surface area contributed by atoms with Gasteiger partial charge in [-0.15, -0.1) is 0 Å². The van der Waals surface area contributed by atoms with Crippen molar-refractivity contribution in [2.75, 3.05) is 31.5 Å². The predicted octanol–water partition coefficient (Wildman–Crippen LogP) is 3.39. The Morgan fingerprint density at radius 3 is 2.50 bits per heavy atom. The molecule has 5 nitrogen and oxygen atoms in total. The number of amides is 2. The van der Waals surface area contributed by atoms with Gasteiger partial charge in [0.05, 0.1) is 6.10 Å². The zero-order chi connectivity index (χ0) is 18.8. The van der Waals surface area contributed by atoms with Gasteiger partial charge < -0.3 is 20.6 Å². The Hall–Kier alpha value is -2.08. The summed E-state index contributed by atoms with van der Waals surface area (Å²) < 4.78 is 0. The average Bonchev–Trinajstić information content (AvgIpc) is 2.65. The highest BCUT2D eigenvalue weighted by atomic mass is 35.5. The SMILES string of the molecule is CCN(CCc1ccc(Cl)cc1)CC(O)CNC(=O)Nc1ccccc1. The third kappa shape index (κ3) is 7.44. The van der Waals surface area contributed by atoms with Crippen LogP contribution in [-0.2, 0) is 6.42 Å². The fraction of sp³-hybridized carbons (Fsp3) is 0.350. The first-order valence-electron chi connectivity index (χ1n) is 8.81.